The van der Waals surface area contributed by atoms with Gasteiger partial charge in [-0.2, -0.15) is 0 Å². The van der Waals surface area contributed by atoms with E-state index in [0.717, 1.165) is 32.4 Å². The average molecular weight is 303 g/mol. The van der Waals surface area contributed by atoms with Crippen LogP contribution >= 0.6 is 0 Å². The highest BCUT2D eigenvalue weighted by Gasteiger charge is 2.23. The Bertz CT molecular complexity index is 434. The summed E-state index contributed by atoms with van der Waals surface area (Å²) in [4.78, 5) is 13.5. The van der Waals surface area contributed by atoms with Gasteiger partial charge >= 0.3 is 6.03 Å². The zero-order valence-corrected chi connectivity index (χ0v) is 12.9. The van der Waals surface area contributed by atoms with E-state index in [1.807, 2.05) is 0 Å². The van der Waals surface area contributed by atoms with Gasteiger partial charge in [0.15, 0.2) is 0 Å². The smallest absolute Gasteiger partial charge is 0.317 e. The number of hydrogen-bond donors (Lipinski definition) is 2. The summed E-state index contributed by atoms with van der Waals surface area (Å²) in [6.45, 7) is 4.35. The molecule has 2 rings (SSSR count). The van der Waals surface area contributed by atoms with Crippen molar-refractivity contribution in [2.45, 2.75) is 32.6 Å². The first kappa shape index (κ1) is 15.6. The maximum atomic E-state index is 11.8. The highest BCUT2D eigenvalue weighted by atomic mass is 32.2. The van der Waals surface area contributed by atoms with Gasteiger partial charge in [-0.3, -0.25) is 0 Å². The Kier molecular flexibility index (Phi) is 5.26. The number of urea groups is 1. The van der Waals surface area contributed by atoms with Crippen LogP contribution in [0.4, 0.5) is 4.79 Å². The van der Waals surface area contributed by atoms with Crippen LogP contribution in [0.1, 0.15) is 32.6 Å². The molecule has 7 heteroatoms. The minimum atomic E-state index is -3.27. The van der Waals surface area contributed by atoms with Crippen LogP contribution in [0.3, 0.4) is 0 Å². The molecule has 0 spiro atoms. The fourth-order valence-electron chi connectivity index (χ4n) is 2.54. The molecule has 1 unspecified atom stereocenters. The van der Waals surface area contributed by atoms with Crippen molar-refractivity contribution in [1.29, 1.82) is 0 Å². The van der Waals surface area contributed by atoms with Crippen LogP contribution < -0.4 is 10.0 Å². The largest absolute Gasteiger partial charge is 0.337 e. The minimum Gasteiger partial charge on any atom is -0.337 e. The molecule has 2 amide bonds. The molecule has 0 aromatic rings. The second-order valence-electron chi connectivity index (χ2n) is 6.04. The quantitative estimate of drug-likeness (QED) is 0.760. The molecule has 20 heavy (non-hydrogen) atoms. The molecular formula is C13H25N3O3S. The van der Waals surface area contributed by atoms with Crippen LogP contribution in [0.15, 0.2) is 0 Å². The van der Waals surface area contributed by atoms with E-state index in [1.165, 1.54) is 6.42 Å². The number of rotatable bonds is 6. The van der Waals surface area contributed by atoms with E-state index in [-0.39, 0.29) is 18.3 Å². The van der Waals surface area contributed by atoms with Crippen LogP contribution in [0.5, 0.6) is 0 Å². The Morgan fingerprint density at radius 1 is 1.30 bits per heavy atom. The standard InChI is InChI=1S/C13H25N3O3S/c1-11-5-7-16(10-11)13(17)14-6-8-20(18,19)15-9-12-3-2-4-12/h11-12,15H,2-10H2,1H3,(H,14,17). The molecule has 1 heterocycles. The van der Waals surface area contributed by atoms with Crippen molar-refractivity contribution in [2.75, 3.05) is 31.9 Å². The van der Waals surface area contributed by atoms with E-state index in [1.54, 1.807) is 4.90 Å². The van der Waals surface area contributed by atoms with Crippen molar-refractivity contribution >= 4 is 16.1 Å². The summed E-state index contributed by atoms with van der Waals surface area (Å²) in [5.41, 5.74) is 0. The van der Waals surface area contributed by atoms with Crippen molar-refractivity contribution in [3.63, 3.8) is 0 Å². The third-order valence-electron chi connectivity index (χ3n) is 4.17. The highest BCUT2D eigenvalue weighted by Crippen LogP contribution is 2.25. The summed E-state index contributed by atoms with van der Waals surface area (Å²) in [6, 6.07) is -0.149. The summed E-state index contributed by atoms with van der Waals surface area (Å²) < 4.78 is 26.1. The summed E-state index contributed by atoms with van der Waals surface area (Å²) in [6.07, 6.45) is 4.46. The van der Waals surface area contributed by atoms with Crippen LogP contribution in [0, 0.1) is 11.8 Å². The lowest BCUT2D eigenvalue weighted by atomic mass is 9.86. The molecule has 0 radical (unpaired) electrons. The molecule has 2 aliphatic rings. The Hall–Kier alpha value is -0.820. The van der Waals surface area contributed by atoms with Crippen molar-refractivity contribution in [2.24, 2.45) is 11.8 Å². The van der Waals surface area contributed by atoms with Gasteiger partial charge in [-0.05, 0) is 31.1 Å². The van der Waals surface area contributed by atoms with Gasteiger partial charge in [0.1, 0.15) is 0 Å². The lowest BCUT2D eigenvalue weighted by Crippen LogP contribution is -2.42. The first-order chi connectivity index (χ1) is 9.46. The number of carbonyl (C=O) groups excluding carboxylic acids is 1. The lowest BCUT2D eigenvalue weighted by Gasteiger charge is -2.25. The van der Waals surface area contributed by atoms with E-state index in [2.05, 4.69) is 17.0 Å². The molecule has 2 fully saturated rings. The first-order valence-electron chi connectivity index (χ1n) is 7.46. The Morgan fingerprint density at radius 2 is 2.05 bits per heavy atom. The molecule has 0 aromatic heterocycles. The van der Waals surface area contributed by atoms with Gasteiger partial charge in [-0.15, -0.1) is 0 Å². The maximum absolute atomic E-state index is 11.8. The van der Waals surface area contributed by atoms with Crippen molar-refractivity contribution < 1.29 is 13.2 Å². The highest BCUT2D eigenvalue weighted by molar-refractivity contribution is 7.89. The average Bonchev–Trinajstić information content (AvgIpc) is 2.73. The summed E-state index contributed by atoms with van der Waals surface area (Å²) >= 11 is 0. The van der Waals surface area contributed by atoms with Gasteiger partial charge in [-0.1, -0.05) is 13.3 Å². The predicted octanol–water partition coefficient (Wildman–Crippen LogP) is 0.757. The van der Waals surface area contributed by atoms with Crippen LogP contribution in [-0.4, -0.2) is 51.3 Å². The molecule has 1 saturated carbocycles. The number of likely N-dealkylation sites (tertiary alicyclic amines) is 1. The number of nitrogens with zero attached hydrogens (tertiary/aromatic N) is 1. The Balaban J connectivity index is 1.62. The van der Waals surface area contributed by atoms with Gasteiger partial charge in [0.25, 0.3) is 0 Å². The lowest BCUT2D eigenvalue weighted by molar-refractivity contribution is 0.208. The van der Waals surface area contributed by atoms with Crippen LogP contribution in [-0.2, 0) is 10.0 Å². The number of hydrogen-bond acceptors (Lipinski definition) is 3. The van der Waals surface area contributed by atoms with Crippen LogP contribution in [0.25, 0.3) is 0 Å². The van der Waals surface area contributed by atoms with Gasteiger partial charge in [0, 0.05) is 26.2 Å². The van der Waals surface area contributed by atoms with E-state index < -0.39 is 10.0 Å². The SMILES string of the molecule is CC1CCN(C(=O)NCCS(=O)(=O)NCC2CCC2)C1. The molecule has 0 bridgehead atoms. The van der Waals surface area contributed by atoms with Crippen LogP contribution in [0.2, 0.25) is 0 Å². The molecular weight excluding hydrogens is 278 g/mol. The summed E-state index contributed by atoms with van der Waals surface area (Å²) in [7, 11) is -3.27. The van der Waals surface area contributed by atoms with Gasteiger partial charge in [0.2, 0.25) is 10.0 Å². The van der Waals surface area contributed by atoms with Crippen molar-refractivity contribution in [3.05, 3.63) is 0 Å². The zero-order chi connectivity index (χ0) is 14.6. The number of carbonyl (C=O) groups is 1. The summed E-state index contributed by atoms with van der Waals surface area (Å²) in [5.74, 6) is 0.994. The second-order valence-corrected chi connectivity index (χ2v) is 7.96. The normalized spacial score (nSPS) is 23.6. The topological polar surface area (TPSA) is 78.5 Å². The molecule has 2 N–H and O–H groups in total. The summed E-state index contributed by atoms with van der Waals surface area (Å²) in [5, 5.41) is 2.68. The molecule has 116 valence electrons. The fraction of sp³-hybridized carbons (Fsp3) is 0.923. The van der Waals surface area contributed by atoms with Gasteiger partial charge in [0.05, 0.1) is 5.75 Å². The number of sulfonamides is 1. The molecule has 1 aliphatic carbocycles. The monoisotopic (exact) mass is 303 g/mol. The second kappa shape index (κ2) is 6.76. The Labute approximate surface area is 121 Å². The minimum absolute atomic E-state index is 0.0468. The van der Waals surface area contributed by atoms with E-state index in [0.29, 0.717) is 18.4 Å². The number of amides is 2. The van der Waals surface area contributed by atoms with Crippen molar-refractivity contribution in [1.82, 2.24) is 14.9 Å². The third-order valence-corrected chi connectivity index (χ3v) is 5.52. The number of nitrogens with one attached hydrogen (secondary N) is 2. The Morgan fingerprint density at radius 3 is 2.60 bits per heavy atom. The third kappa shape index (κ3) is 4.63. The first-order valence-corrected chi connectivity index (χ1v) is 9.11. The molecule has 6 nitrogen and oxygen atoms in total. The van der Waals surface area contributed by atoms with E-state index in [9.17, 15) is 13.2 Å². The maximum Gasteiger partial charge on any atom is 0.317 e. The van der Waals surface area contributed by atoms with Gasteiger partial charge in [-0.25, -0.2) is 17.9 Å². The molecule has 1 saturated heterocycles. The predicted molar refractivity (Wildman–Crippen MR) is 77.9 cm³/mol. The van der Waals surface area contributed by atoms with Gasteiger partial charge < -0.3 is 10.2 Å². The van der Waals surface area contributed by atoms with E-state index >= 15 is 0 Å². The fourth-order valence-corrected chi connectivity index (χ4v) is 3.54. The molecule has 0 aromatic carbocycles. The van der Waals surface area contributed by atoms with E-state index in [4.69, 9.17) is 0 Å². The zero-order valence-electron chi connectivity index (χ0n) is 12.1. The molecule has 1 atom stereocenters. The van der Waals surface area contributed by atoms with Crippen molar-refractivity contribution in [3.8, 4) is 0 Å². The molecule has 1 aliphatic heterocycles.